The van der Waals surface area contributed by atoms with Crippen molar-refractivity contribution in [2.75, 3.05) is 0 Å². The molecule has 0 amide bonds. The number of esters is 1. The summed E-state index contributed by atoms with van der Waals surface area (Å²) >= 11 is 5.83. The highest BCUT2D eigenvalue weighted by atomic mass is 35.5. The lowest BCUT2D eigenvalue weighted by atomic mass is 10.1. The van der Waals surface area contributed by atoms with Crippen LogP contribution in [0, 0.1) is 0 Å². The first kappa shape index (κ1) is 11.1. The Kier molecular flexibility index (Phi) is 3.96. The molecule has 76 valence electrons. The highest BCUT2D eigenvalue weighted by Crippen LogP contribution is 2.13. The number of rotatable bonds is 3. The predicted molar refractivity (Wildman–Crippen MR) is 56.4 cm³/mol. The van der Waals surface area contributed by atoms with Gasteiger partial charge in [-0.2, -0.15) is 0 Å². The first-order valence-electron chi connectivity index (χ1n) is 4.49. The van der Waals surface area contributed by atoms with E-state index in [-0.39, 0.29) is 12.1 Å². The van der Waals surface area contributed by atoms with Gasteiger partial charge in [0.15, 0.2) is 0 Å². The molecule has 0 aliphatic carbocycles. The number of hydrogen-bond donors (Lipinski definition) is 0. The van der Waals surface area contributed by atoms with Gasteiger partial charge >= 0.3 is 5.97 Å². The highest BCUT2D eigenvalue weighted by Gasteiger charge is 2.06. The molecule has 0 spiro atoms. The molecule has 0 fully saturated rings. The topological polar surface area (TPSA) is 26.3 Å². The highest BCUT2D eigenvalue weighted by molar-refractivity contribution is 6.30. The van der Waals surface area contributed by atoms with Crippen molar-refractivity contribution in [3.05, 3.63) is 34.9 Å². The quantitative estimate of drug-likeness (QED) is 0.721. The lowest BCUT2D eigenvalue weighted by Crippen LogP contribution is -2.14. The van der Waals surface area contributed by atoms with Crippen molar-refractivity contribution in [3.63, 3.8) is 0 Å². The maximum absolute atomic E-state index is 10.7. The van der Waals surface area contributed by atoms with Crippen LogP contribution in [-0.2, 0) is 16.0 Å². The van der Waals surface area contributed by atoms with Crippen LogP contribution in [0.1, 0.15) is 19.4 Å². The number of carbonyl (C=O) groups is 1. The van der Waals surface area contributed by atoms with Gasteiger partial charge < -0.3 is 4.74 Å². The van der Waals surface area contributed by atoms with Gasteiger partial charge in [-0.15, -0.1) is 0 Å². The molecule has 14 heavy (non-hydrogen) atoms. The van der Waals surface area contributed by atoms with E-state index in [1.807, 2.05) is 31.2 Å². The van der Waals surface area contributed by atoms with E-state index in [0.29, 0.717) is 11.4 Å². The average molecular weight is 213 g/mol. The number of ether oxygens (including phenoxy) is 1. The number of benzene rings is 1. The SMILES string of the molecule is CC(=O)OC(C)Cc1cccc(Cl)c1. The Labute approximate surface area is 88.8 Å². The van der Waals surface area contributed by atoms with E-state index < -0.39 is 0 Å². The molecule has 0 aliphatic heterocycles. The summed E-state index contributed by atoms with van der Waals surface area (Å²) < 4.78 is 5.01. The molecule has 0 aliphatic rings. The summed E-state index contributed by atoms with van der Waals surface area (Å²) in [6.07, 6.45) is 0.589. The van der Waals surface area contributed by atoms with Crippen LogP contribution >= 0.6 is 11.6 Å². The fourth-order valence-electron chi connectivity index (χ4n) is 1.32. The minimum absolute atomic E-state index is 0.106. The fraction of sp³-hybridized carbons (Fsp3) is 0.364. The van der Waals surface area contributed by atoms with Gasteiger partial charge in [-0.05, 0) is 24.6 Å². The summed E-state index contributed by atoms with van der Waals surface area (Å²) in [4.78, 5) is 10.7. The molecule has 1 atom stereocenters. The molecule has 3 heteroatoms. The zero-order chi connectivity index (χ0) is 10.6. The van der Waals surface area contributed by atoms with Gasteiger partial charge in [-0.25, -0.2) is 0 Å². The maximum Gasteiger partial charge on any atom is 0.302 e. The van der Waals surface area contributed by atoms with E-state index in [1.165, 1.54) is 6.92 Å². The van der Waals surface area contributed by atoms with Crippen molar-refractivity contribution in [2.45, 2.75) is 26.4 Å². The number of carbonyl (C=O) groups excluding carboxylic acids is 1. The van der Waals surface area contributed by atoms with Crippen LogP contribution in [-0.4, -0.2) is 12.1 Å². The Hall–Kier alpha value is -1.02. The van der Waals surface area contributed by atoms with Crippen LogP contribution in [0.2, 0.25) is 5.02 Å². The summed E-state index contributed by atoms with van der Waals surface area (Å²) in [5.74, 6) is -0.250. The summed E-state index contributed by atoms with van der Waals surface area (Å²) in [5, 5.41) is 0.706. The van der Waals surface area contributed by atoms with E-state index >= 15 is 0 Å². The predicted octanol–water partition coefficient (Wildman–Crippen LogP) is 2.83. The second-order valence-electron chi connectivity index (χ2n) is 3.25. The van der Waals surface area contributed by atoms with Crippen molar-refractivity contribution >= 4 is 17.6 Å². The Morgan fingerprint density at radius 3 is 2.86 bits per heavy atom. The monoisotopic (exact) mass is 212 g/mol. The van der Waals surface area contributed by atoms with Gasteiger partial charge in [0.1, 0.15) is 6.10 Å². The number of hydrogen-bond acceptors (Lipinski definition) is 2. The van der Waals surface area contributed by atoms with Crippen LogP contribution in [0.5, 0.6) is 0 Å². The number of halogens is 1. The second-order valence-corrected chi connectivity index (χ2v) is 3.69. The van der Waals surface area contributed by atoms with Crippen molar-refractivity contribution in [1.29, 1.82) is 0 Å². The summed E-state index contributed by atoms with van der Waals surface area (Å²) in [6.45, 7) is 3.27. The molecule has 0 radical (unpaired) electrons. The average Bonchev–Trinajstić information content (AvgIpc) is 2.01. The molecule has 0 N–H and O–H groups in total. The lowest BCUT2D eigenvalue weighted by Gasteiger charge is -2.11. The van der Waals surface area contributed by atoms with Crippen LogP contribution in [0.15, 0.2) is 24.3 Å². The van der Waals surface area contributed by atoms with Crippen molar-refractivity contribution in [1.82, 2.24) is 0 Å². The second kappa shape index (κ2) is 5.01. The minimum atomic E-state index is -0.250. The smallest absolute Gasteiger partial charge is 0.302 e. The van der Waals surface area contributed by atoms with Gasteiger partial charge in [0.2, 0.25) is 0 Å². The normalized spacial score (nSPS) is 12.2. The van der Waals surface area contributed by atoms with E-state index in [9.17, 15) is 4.79 Å². The Bertz CT molecular complexity index is 323. The van der Waals surface area contributed by atoms with E-state index in [1.54, 1.807) is 0 Å². The first-order chi connectivity index (χ1) is 6.58. The van der Waals surface area contributed by atoms with Crippen molar-refractivity contribution in [3.8, 4) is 0 Å². The van der Waals surface area contributed by atoms with E-state index in [4.69, 9.17) is 16.3 Å². The Morgan fingerprint density at radius 1 is 1.57 bits per heavy atom. The van der Waals surface area contributed by atoms with E-state index in [2.05, 4.69) is 0 Å². The molecule has 0 aromatic heterocycles. The molecule has 1 unspecified atom stereocenters. The fourth-order valence-corrected chi connectivity index (χ4v) is 1.53. The zero-order valence-corrected chi connectivity index (χ0v) is 9.04. The molecular weight excluding hydrogens is 200 g/mol. The Morgan fingerprint density at radius 2 is 2.29 bits per heavy atom. The molecule has 1 aromatic carbocycles. The third-order valence-corrected chi connectivity index (χ3v) is 2.01. The summed E-state index contributed by atoms with van der Waals surface area (Å²) in [5.41, 5.74) is 1.08. The summed E-state index contributed by atoms with van der Waals surface area (Å²) in [7, 11) is 0. The molecule has 1 aromatic rings. The molecule has 0 bridgehead atoms. The minimum Gasteiger partial charge on any atom is -0.463 e. The molecular formula is C11H13ClO2. The van der Waals surface area contributed by atoms with Crippen molar-refractivity contribution < 1.29 is 9.53 Å². The third kappa shape index (κ3) is 3.79. The lowest BCUT2D eigenvalue weighted by molar-refractivity contribution is -0.145. The van der Waals surface area contributed by atoms with Crippen LogP contribution < -0.4 is 0 Å². The van der Waals surface area contributed by atoms with Gasteiger partial charge in [0.05, 0.1) is 0 Å². The third-order valence-electron chi connectivity index (χ3n) is 1.78. The molecule has 0 saturated carbocycles. The standard InChI is InChI=1S/C11H13ClO2/c1-8(14-9(2)13)6-10-4-3-5-11(12)7-10/h3-5,7-8H,6H2,1-2H3. The van der Waals surface area contributed by atoms with Gasteiger partial charge in [-0.1, -0.05) is 23.7 Å². The molecule has 0 saturated heterocycles. The van der Waals surface area contributed by atoms with Gasteiger partial charge in [0.25, 0.3) is 0 Å². The summed E-state index contributed by atoms with van der Waals surface area (Å²) in [6, 6.07) is 7.55. The van der Waals surface area contributed by atoms with Crippen LogP contribution in [0.25, 0.3) is 0 Å². The van der Waals surface area contributed by atoms with E-state index in [0.717, 1.165) is 5.56 Å². The van der Waals surface area contributed by atoms with Crippen LogP contribution in [0.4, 0.5) is 0 Å². The molecule has 1 rings (SSSR count). The Balaban J connectivity index is 2.55. The molecule has 0 heterocycles. The van der Waals surface area contributed by atoms with Gasteiger partial charge in [0, 0.05) is 18.4 Å². The maximum atomic E-state index is 10.7. The van der Waals surface area contributed by atoms with Gasteiger partial charge in [-0.3, -0.25) is 4.79 Å². The van der Waals surface area contributed by atoms with Crippen molar-refractivity contribution in [2.24, 2.45) is 0 Å². The zero-order valence-electron chi connectivity index (χ0n) is 8.29. The largest absolute Gasteiger partial charge is 0.463 e. The van der Waals surface area contributed by atoms with Crippen LogP contribution in [0.3, 0.4) is 0 Å². The first-order valence-corrected chi connectivity index (χ1v) is 4.87. The molecule has 2 nitrogen and oxygen atoms in total.